The van der Waals surface area contributed by atoms with Gasteiger partial charge < -0.3 is 39.2 Å². The van der Waals surface area contributed by atoms with Crippen LogP contribution in [0.25, 0.3) is 43.1 Å². The van der Waals surface area contributed by atoms with E-state index in [-0.39, 0.29) is 13.4 Å². The Morgan fingerprint density at radius 1 is 0.247 bits per heavy atom. The Hall–Kier alpha value is -10.4. The van der Waals surface area contributed by atoms with Gasteiger partial charge in [0.25, 0.3) is 13.4 Å². The van der Waals surface area contributed by atoms with E-state index in [1.54, 1.807) is 0 Å². The molecule has 10 heterocycles. The monoisotopic (exact) mass is 1100 g/mol. The average Bonchev–Trinajstić information content (AvgIpc) is 1.45. The normalized spacial score (nSPS) is 15.1. The number of hydrogen-bond acceptors (Lipinski definition) is 9. The van der Waals surface area contributed by atoms with Crippen LogP contribution in [0.5, 0.6) is 0 Å². The molecule has 0 unspecified atom stereocenters. The highest BCUT2D eigenvalue weighted by atomic mass is 32.1. The van der Waals surface area contributed by atoms with Gasteiger partial charge in [0, 0.05) is 45.1 Å². The Labute approximate surface area is 497 Å². The minimum Gasteiger partial charge on any atom is -0.341 e. The minimum absolute atomic E-state index is 0.0982. The fourth-order valence-corrected chi connectivity index (χ4v) is 18.2. The van der Waals surface area contributed by atoms with E-state index in [1.165, 1.54) is 190 Å². The lowest BCUT2D eigenvalue weighted by atomic mass is 9.30. The lowest BCUT2D eigenvalue weighted by Crippen LogP contribution is -2.66. The summed E-state index contributed by atoms with van der Waals surface area (Å²) >= 11 is 1.93. The Morgan fingerprint density at radius 2 is 0.647 bits per heavy atom. The fourth-order valence-electron chi connectivity index (χ4n) is 16.9. The predicted molar refractivity (Wildman–Crippen MR) is 360 cm³/mol. The van der Waals surface area contributed by atoms with E-state index in [0.717, 1.165) is 0 Å². The number of fused-ring (bicyclic) bond motifs is 9. The number of thiophene rings is 1. The molecule has 0 spiro atoms. The summed E-state index contributed by atoms with van der Waals surface area (Å²) in [6.45, 7) is -0.208. The molecule has 396 valence electrons. The molecule has 0 radical (unpaired) electrons. The van der Waals surface area contributed by atoms with Gasteiger partial charge in [-0.2, -0.15) is 0 Å². The summed E-state index contributed by atoms with van der Waals surface area (Å²) in [4.78, 5) is 23.2. The zero-order valence-corrected chi connectivity index (χ0v) is 47.7. The fraction of sp³-hybridized carbons (Fsp3) is 0.0541. The molecule has 0 atom stereocenters. The summed E-state index contributed by atoms with van der Waals surface area (Å²) in [5.41, 5.74) is 40.0. The third-order valence-electron chi connectivity index (χ3n) is 20.4. The molecule has 21 rings (SSSR count). The van der Waals surface area contributed by atoms with Gasteiger partial charge in [-0.15, -0.1) is 11.3 Å². The summed E-state index contributed by atoms with van der Waals surface area (Å²) in [7, 11) is 9.11. The molecule has 0 aliphatic carbocycles. The maximum Gasteiger partial charge on any atom is 0.252 e. The molecule has 85 heavy (non-hydrogen) atoms. The topological polar surface area (TPSA) is 25.9 Å². The molecule has 0 fully saturated rings. The van der Waals surface area contributed by atoms with E-state index in [9.17, 15) is 0 Å². The van der Waals surface area contributed by atoms with Crippen molar-refractivity contribution in [3.05, 3.63) is 218 Å². The number of hydrogen-bond donors (Lipinski definition) is 0. The largest absolute Gasteiger partial charge is 0.341 e. The van der Waals surface area contributed by atoms with Crippen LogP contribution in [0.4, 0.5) is 114 Å². The molecule has 12 aromatic rings. The maximum atomic E-state index is 2.76. The van der Waals surface area contributed by atoms with Gasteiger partial charge in [0.05, 0.1) is 112 Å². The molecule has 0 N–H and O–H groups in total. The van der Waals surface area contributed by atoms with E-state index >= 15 is 0 Å². The van der Waals surface area contributed by atoms with Gasteiger partial charge in [-0.05, 0) is 115 Å². The van der Waals surface area contributed by atoms with Crippen molar-refractivity contribution in [3.63, 3.8) is 0 Å². The number of benzene rings is 11. The molecular weight excluding hydrogens is 1050 g/mol. The summed E-state index contributed by atoms with van der Waals surface area (Å²) in [6, 6.07) is 83.1. The van der Waals surface area contributed by atoms with Crippen molar-refractivity contribution in [1.29, 1.82) is 0 Å². The van der Waals surface area contributed by atoms with Crippen molar-refractivity contribution in [3.8, 4) is 43.1 Å². The van der Waals surface area contributed by atoms with Crippen molar-refractivity contribution in [2.45, 2.75) is 0 Å². The standard InChI is InChI=1S/C74H48B2N8S/c1-77-53-27-17-29-55-67(53)83-63-50(39-45(40-59(63)79(55)3)41-19-9-5-10-20-41)76-49-34-33-48-65-66(49)82(52-36-37-57(77)69(83)61(52)76)72-71(73(43-23-13-7-14-24-43)85-74(72)44-25-15-8-16-26-44)81(65)51-35-38-58-70-60(51)75(48)47-32-31-46(42-21-11-6-12-22-42)62-64(47)84(70)68-54(78(58)2)28-18-30-56(68)80(62)4/h5-40H,1-4H3. The smallest absolute Gasteiger partial charge is 0.252 e. The lowest BCUT2D eigenvalue weighted by Gasteiger charge is -2.55. The molecule has 1 aromatic heterocycles. The second-order valence-corrected chi connectivity index (χ2v) is 25.2. The highest BCUT2D eigenvalue weighted by molar-refractivity contribution is 7.20. The van der Waals surface area contributed by atoms with Crippen molar-refractivity contribution < 1.29 is 0 Å². The maximum absolute atomic E-state index is 2.76. The van der Waals surface area contributed by atoms with Gasteiger partial charge in [0.1, 0.15) is 0 Å². The van der Waals surface area contributed by atoms with E-state index < -0.39 is 0 Å². The first-order valence-corrected chi connectivity index (χ1v) is 30.4. The van der Waals surface area contributed by atoms with Crippen LogP contribution in [0.1, 0.15) is 0 Å². The van der Waals surface area contributed by atoms with Crippen LogP contribution in [0.2, 0.25) is 0 Å². The lowest BCUT2D eigenvalue weighted by molar-refractivity contribution is 1.07. The predicted octanol–water partition coefficient (Wildman–Crippen LogP) is 15.2. The number of nitrogens with zero attached hydrogens (tertiary/aromatic N) is 8. The van der Waals surface area contributed by atoms with Crippen LogP contribution in [0, 0.1) is 0 Å². The van der Waals surface area contributed by atoms with E-state index in [0.29, 0.717) is 0 Å². The first-order chi connectivity index (χ1) is 41.9. The summed E-state index contributed by atoms with van der Waals surface area (Å²) < 4.78 is 0. The quantitative estimate of drug-likeness (QED) is 0.161. The molecule has 9 aliphatic heterocycles. The van der Waals surface area contributed by atoms with Crippen LogP contribution < -0.4 is 72.0 Å². The molecule has 0 saturated heterocycles. The van der Waals surface area contributed by atoms with Gasteiger partial charge in [-0.3, -0.25) is 0 Å². The summed E-state index contributed by atoms with van der Waals surface area (Å²) in [6.07, 6.45) is 0. The molecule has 11 aromatic carbocycles. The summed E-state index contributed by atoms with van der Waals surface area (Å²) in [5, 5.41) is 0. The average molecular weight is 1100 g/mol. The van der Waals surface area contributed by atoms with Gasteiger partial charge in [-0.1, -0.05) is 164 Å². The molecule has 0 bridgehead atoms. The van der Waals surface area contributed by atoms with Crippen molar-refractivity contribution in [1.82, 2.24) is 0 Å². The Kier molecular flexibility index (Phi) is 8.21. The van der Waals surface area contributed by atoms with Crippen molar-refractivity contribution in [2.24, 2.45) is 0 Å². The second-order valence-electron chi connectivity index (χ2n) is 24.2. The summed E-state index contributed by atoms with van der Waals surface area (Å²) in [5.74, 6) is 0. The zero-order chi connectivity index (χ0) is 55.6. The van der Waals surface area contributed by atoms with E-state index in [2.05, 4.69) is 286 Å². The molecule has 11 heteroatoms. The Morgan fingerprint density at radius 3 is 1.16 bits per heavy atom. The number of rotatable bonds is 4. The zero-order valence-electron chi connectivity index (χ0n) is 46.9. The van der Waals surface area contributed by atoms with Crippen LogP contribution in [-0.2, 0) is 0 Å². The van der Waals surface area contributed by atoms with Gasteiger partial charge in [0.15, 0.2) is 0 Å². The molecule has 9 aliphatic rings. The molecule has 0 amide bonds. The minimum atomic E-state index is -0.110. The number of para-hydroxylation sites is 2. The van der Waals surface area contributed by atoms with Crippen LogP contribution >= 0.6 is 11.3 Å². The third kappa shape index (κ3) is 5.20. The highest BCUT2D eigenvalue weighted by Crippen LogP contribution is 2.69. The molecule has 8 nitrogen and oxygen atoms in total. The van der Waals surface area contributed by atoms with Crippen molar-refractivity contribution in [2.75, 3.05) is 67.4 Å². The van der Waals surface area contributed by atoms with Crippen LogP contribution in [0.3, 0.4) is 0 Å². The second kappa shape index (κ2) is 15.4. The van der Waals surface area contributed by atoms with Crippen molar-refractivity contribution >= 4 is 171 Å². The Bertz CT molecular complexity index is 5090. The third-order valence-corrected chi connectivity index (χ3v) is 21.6. The van der Waals surface area contributed by atoms with Gasteiger partial charge in [0.2, 0.25) is 0 Å². The SMILES string of the molecule is CN1c2cc(-c3ccccc3)cc3c2N2c4c1cccc4N(C)c1ccc4c(c12)B3c1ccc2c3c1N4c1c(-c4ccccc4)sc(-c4ccccc4)c1N3c1ccc3c4c1B2c1ccc(-c2ccccc2)c2c1N4c1c(cccc1N2C)N3C. The van der Waals surface area contributed by atoms with Crippen LogP contribution in [0.15, 0.2) is 218 Å². The molecular formula is C74H48B2N8S. The van der Waals surface area contributed by atoms with E-state index in [4.69, 9.17) is 0 Å². The Balaban J connectivity index is 0.928. The molecule has 0 saturated carbocycles. The highest BCUT2D eigenvalue weighted by Gasteiger charge is 2.57. The first kappa shape index (κ1) is 45.2. The van der Waals surface area contributed by atoms with Gasteiger partial charge in [-0.25, -0.2) is 0 Å². The number of anilines is 20. The van der Waals surface area contributed by atoms with Gasteiger partial charge >= 0.3 is 0 Å². The van der Waals surface area contributed by atoms with E-state index in [1.807, 2.05) is 11.3 Å². The van der Waals surface area contributed by atoms with Crippen LogP contribution in [-0.4, -0.2) is 41.6 Å². The first-order valence-electron chi connectivity index (χ1n) is 29.6.